The summed E-state index contributed by atoms with van der Waals surface area (Å²) in [4.78, 5) is 12.2. The second kappa shape index (κ2) is 8.96. The lowest BCUT2D eigenvalue weighted by molar-refractivity contribution is 0.0952. The molecular weight excluding hydrogens is 348 g/mol. The van der Waals surface area contributed by atoms with Crippen LogP contribution in [-0.2, 0) is 16.6 Å². The normalized spacial score (nSPS) is 11.5. The average Bonchev–Trinajstić information content (AvgIpc) is 2.60. The molecule has 140 valence electrons. The topological polar surface area (TPSA) is 75.3 Å². The molecule has 6 heteroatoms. The number of nitrogens with one attached hydrogen (secondary N) is 2. The lowest BCUT2D eigenvalue weighted by atomic mass is 10.1. The van der Waals surface area contributed by atoms with Gasteiger partial charge in [-0.15, -0.1) is 0 Å². The highest BCUT2D eigenvalue weighted by Gasteiger charge is 2.15. The Hall–Kier alpha value is -2.18. The van der Waals surface area contributed by atoms with Crippen LogP contribution in [0, 0.1) is 12.8 Å². The first kappa shape index (κ1) is 20.1. The Balaban J connectivity index is 1.98. The van der Waals surface area contributed by atoms with Crippen LogP contribution in [0.4, 0.5) is 0 Å². The summed E-state index contributed by atoms with van der Waals surface area (Å²) in [6, 6.07) is 13.6. The fraction of sp³-hybridized carbons (Fsp3) is 0.350. The number of benzene rings is 2. The summed E-state index contributed by atoms with van der Waals surface area (Å²) in [5, 5.41) is 2.84. The third kappa shape index (κ3) is 5.97. The zero-order valence-corrected chi connectivity index (χ0v) is 16.3. The van der Waals surface area contributed by atoms with E-state index in [2.05, 4.69) is 23.9 Å². The van der Waals surface area contributed by atoms with Crippen LogP contribution in [0.1, 0.15) is 41.8 Å². The Morgan fingerprint density at radius 3 is 2.38 bits per heavy atom. The summed E-state index contributed by atoms with van der Waals surface area (Å²) >= 11 is 0. The van der Waals surface area contributed by atoms with Gasteiger partial charge in [-0.1, -0.05) is 43.7 Å². The number of sulfonamides is 1. The van der Waals surface area contributed by atoms with Crippen molar-refractivity contribution < 1.29 is 13.2 Å². The van der Waals surface area contributed by atoms with Gasteiger partial charge in [0.1, 0.15) is 0 Å². The SMILES string of the molecule is Cc1cccc(CNS(=O)(=O)c2ccc(C(=O)NCCC(C)C)cc2)c1. The average molecular weight is 375 g/mol. The molecule has 0 unspecified atom stereocenters. The molecule has 2 rings (SSSR count). The molecule has 0 saturated heterocycles. The highest BCUT2D eigenvalue weighted by Crippen LogP contribution is 2.12. The molecule has 1 amide bonds. The molecule has 0 aromatic heterocycles. The van der Waals surface area contributed by atoms with Gasteiger partial charge in [0.2, 0.25) is 10.0 Å². The van der Waals surface area contributed by atoms with Crippen LogP contribution in [0.3, 0.4) is 0 Å². The Morgan fingerprint density at radius 1 is 1.08 bits per heavy atom. The van der Waals surface area contributed by atoms with Crippen LogP contribution in [0.25, 0.3) is 0 Å². The molecule has 0 radical (unpaired) electrons. The van der Waals surface area contributed by atoms with E-state index in [1.165, 1.54) is 24.3 Å². The molecular formula is C20H26N2O3S. The molecule has 0 fully saturated rings. The fourth-order valence-electron chi connectivity index (χ4n) is 2.45. The van der Waals surface area contributed by atoms with Gasteiger partial charge in [0.25, 0.3) is 5.91 Å². The van der Waals surface area contributed by atoms with Gasteiger partial charge in [-0.3, -0.25) is 4.79 Å². The molecule has 0 bridgehead atoms. The molecule has 0 aliphatic carbocycles. The number of amides is 1. The molecule has 0 aliphatic rings. The predicted molar refractivity (Wildman–Crippen MR) is 103 cm³/mol. The summed E-state index contributed by atoms with van der Waals surface area (Å²) in [5.41, 5.74) is 2.43. The molecule has 5 nitrogen and oxygen atoms in total. The van der Waals surface area contributed by atoms with E-state index in [9.17, 15) is 13.2 Å². The fourth-order valence-corrected chi connectivity index (χ4v) is 3.46. The highest BCUT2D eigenvalue weighted by molar-refractivity contribution is 7.89. The highest BCUT2D eigenvalue weighted by atomic mass is 32.2. The van der Waals surface area contributed by atoms with E-state index < -0.39 is 10.0 Å². The summed E-state index contributed by atoms with van der Waals surface area (Å²) < 4.78 is 27.4. The number of hydrogen-bond acceptors (Lipinski definition) is 3. The van der Waals surface area contributed by atoms with Gasteiger partial charge in [0, 0.05) is 18.7 Å². The Bertz CT molecular complexity index is 844. The zero-order valence-electron chi connectivity index (χ0n) is 15.5. The number of aryl methyl sites for hydroxylation is 1. The minimum absolute atomic E-state index is 0.142. The Morgan fingerprint density at radius 2 is 1.77 bits per heavy atom. The molecule has 2 aromatic carbocycles. The van der Waals surface area contributed by atoms with Gasteiger partial charge in [-0.05, 0) is 49.1 Å². The first-order valence-electron chi connectivity index (χ1n) is 8.71. The van der Waals surface area contributed by atoms with Crippen LogP contribution < -0.4 is 10.0 Å². The molecule has 0 aliphatic heterocycles. The second-order valence-corrected chi connectivity index (χ2v) is 8.54. The van der Waals surface area contributed by atoms with Crippen molar-refractivity contribution in [1.82, 2.24) is 10.0 Å². The molecule has 2 N–H and O–H groups in total. The number of carbonyl (C=O) groups is 1. The van der Waals surface area contributed by atoms with E-state index >= 15 is 0 Å². The smallest absolute Gasteiger partial charge is 0.251 e. The maximum atomic E-state index is 12.4. The monoisotopic (exact) mass is 374 g/mol. The Kier molecular flexibility index (Phi) is 6.94. The van der Waals surface area contributed by atoms with Crippen molar-refractivity contribution >= 4 is 15.9 Å². The van der Waals surface area contributed by atoms with Gasteiger partial charge in [0.15, 0.2) is 0 Å². The first-order valence-corrected chi connectivity index (χ1v) is 10.2. The van der Waals surface area contributed by atoms with Crippen molar-refractivity contribution in [3.63, 3.8) is 0 Å². The lowest BCUT2D eigenvalue weighted by Crippen LogP contribution is -2.26. The maximum absolute atomic E-state index is 12.4. The van der Waals surface area contributed by atoms with E-state index in [1.807, 2.05) is 31.2 Å². The van der Waals surface area contributed by atoms with E-state index in [4.69, 9.17) is 0 Å². The summed E-state index contributed by atoms with van der Waals surface area (Å²) in [7, 11) is -3.62. The van der Waals surface area contributed by atoms with Crippen molar-refractivity contribution in [1.29, 1.82) is 0 Å². The maximum Gasteiger partial charge on any atom is 0.251 e. The lowest BCUT2D eigenvalue weighted by Gasteiger charge is -2.09. The van der Waals surface area contributed by atoms with E-state index in [-0.39, 0.29) is 17.3 Å². The van der Waals surface area contributed by atoms with Crippen molar-refractivity contribution in [2.45, 2.75) is 38.6 Å². The van der Waals surface area contributed by atoms with Gasteiger partial charge in [-0.2, -0.15) is 0 Å². The molecule has 26 heavy (non-hydrogen) atoms. The Labute approximate surface area is 155 Å². The molecule has 2 aromatic rings. The molecule has 0 heterocycles. The van der Waals surface area contributed by atoms with Crippen molar-refractivity contribution in [3.05, 3.63) is 65.2 Å². The van der Waals surface area contributed by atoms with Crippen LogP contribution in [0.15, 0.2) is 53.4 Å². The van der Waals surface area contributed by atoms with E-state index in [1.54, 1.807) is 0 Å². The molecule has 0 atom stereocenters. The largest absolute Gasteiger partial charge is 0.352 e. The van der Waals surface area contributed by atoms with Crippen molar-refractivity contribution in [2.24, 2.45) is 5.92 Å². The van der Waals surface area contributed by atoms with Gasteiger partial charge in [0.05, 0.1) is 4.90 Å². The van der Waals surface area contributed by atoms with Crippen molar-refractivity contribution in [2.75, 3.05) is 6.54 Å². The van der Waals surface area contributed by atoms with E-state index in [0.717, 1.165) is 17.5 Å². The standard InChI is InChI=1S/C20H26N2O3S/c1-15(2)11-12-21-20(23)18-7-9-19(10-8-18)26(24,25)22-14-17-6-4-5-16(3)13-17/h4-10,13,15,22H,11-12,14H2,1-3H3,(H,21,23). The van der Waals surface area contributed by atoms with Gasteiger partial charge < -0.3 is 5.32 Å². The molecule has 0 saturated carbocycles. The second-order valence-electron chi connectivity index (χ2n) is 6.78. The predicted octanol–water partition coefficient (Wildman–Crippen LogP) is 3.25. The summed E-state index contributed by atoms with van der Waals surface area (Å²) in [6.07, 6.45) is 0.904. The van der Waals surface area contributed by atoms with Crippen LogP contribution in [-0.4, -0.2) is 20.9 Å². The number of hydrogen-bond donors (Lipinski definition) is 2. The first-order chi connectivity index (χ1) is 12.3. The third-order valence-corrected chi connectivity index (χ3v) is 5.40. The minimum atomic E-state index is -3.62. The van der Waals surface area contributed by atoms with Gasteiger partial charge >= 0.3 is 0 Å². The van der Waals surface area contributed by atoms with Crippen LogP contribution in [0.5, 0.6) is 0 Å². The molecule has 0 spiro atoms. The van der Waals surface area contributed by atoms with E-state index in [0.29, 0.717) is 18.0 Å². The van der Waals surface area contributed by atoms with Crippen LogP contribution >= 0.6 is 0 Å². The third-order valence-electron chi connectivity index (χ3n) is 3.98. The van der Waals surface area contributed by atoms with Crippen molar-refractivity contribution in [3.8, 4) is 0 Å². The zero-order chi connectivity index (χ0) is 19.2. The van der Waals surface area contributed by atoms with Gasteiger partial charge in [-0.25, -0.2) is 13.1 Å². The number of rotatable bonds is 8. The summed E-state index contributed by atoms with van der Waals surface area (Å²) in [6.45, 7) is 6.98. The minimum Gasteiger partial charge on any atom is -0.352 e. The summed E-state index contributed by atoms with van der Waals surface area (Å²) in [5.74, 6) is 0.324. The van der Waals surface area contributed by atoms with Crippen LogP contribution in [0.2, 0.25) is 0 Å². The number of carbonyl (C=O) groups excluding carboxylic acids is 1. The quantitative estimate of drug-likeness (QED) is 0.745.